The van der Waals surface area contributed by atoms with Gasteiger partial charge in [0.05, 0.1) is 21.7 Å². The number of hydrogen-bond donors (Lipinski definition) is 1. The van der Waals surface area contributed by atoms with Gasteiger partial charge in [-0.1, -0.05) is 26.0 Å². The van der Waals surface area contributed by atoms with Crippen LogP contribution in [0, 0.1) is 0 Å². The molecule has 0 spiro atoms. The highest BCUT2D eigenvalue weighted by atomic mass is 32.2. The van der Waals surface area contributed by atoms with Crippen LogP contribution in [-0.4, -0.2) is 46.2 Å². The highest BCUT2D eigenvalue weighted by Crippen LogP contribution is 2.26. The molecule has 2 rings (SSSR count). The second-order valence-electron chi connectivity index (χ2n) is 5.72. The average molecular weight is 345 g/mol. The van der Waals surface area contributed by atoms with Crippen molar-refractivity contribution in [2.45, 2.75) is 42.9 Å². The molecule has 1 aliphatic rings. The van der Waals surface area contributed by atoms with Crippen LogP contribution in [0.25, 0.3) is 0 Å². The molecule has 1 heterocycles. The summed E-state index contributed by atoms with van der Waals surface area (Å²) in [5, 5.41) is 2.17. The number of hydrogen-bond acceptors (Lipinski definition) is 5. The van der Waals surface area contributed by atoms with Crippen molar-refractivity contribution in [3.8, 4) is 0 Å². The van der Waals surface area contributed by atoms with E-state index in [-0.39, 0.29) is 16.4 Å². The molecule has 124 valence electrons. The van der Waals surface area contributed by atoms with E-state index < -0.39 is 31.0 Å². The van der Waals surface area contributed by atoms with Crippen molar-refractivity contribution in [1.29, 1.82) is 0 Å². The maximum Gasteiger partial charge on any atom is 0.183 e. The summed E-state index contributed by atoms with van der Waals surface area (Å²) in [5.41, 5.74) is 1.05. The summed E-state index contributed by atoms with van der Waals surface area (Å²) in [7, 11) is -6.98. The normalized spacial score (nSPS) is 24.5. The van der Waals surface area contributed by atoms with Crippen molar-refractivity contribution in [1.82, 2.24) is 5.32 Å². The third-order valence-electron chi connectivity index (χ3n) is 4.02. The van der Waals surface area contributed by atoms with Gasteiger partial charge >= 0.3 is 0 Å². The van der Waals surface area contributed by atoms with Crippen LogP contribution in [0.15, 0.2) is 29.2 Å². The molecule has 0 aromatic heterocycles. The quantitative estimate of drug-likeness (QED) is 0.838. The van der Waals surface area contributed by atoms with Gasteiger partial charge in [-0.05, 0) is 37.1 Å². The minimum Gasteiger partial charge on any atom is -0.312 e. The summed E-state index contributed by atoms with van der Waals surface area (Å²) in [4.78, 5) is 0.204. The lowest BCUT2D eigenvalue weighted by molar-refractivity contribution is 0.525. The van der Waals surface area contributed by atoms with Gasteiger partial charge in [-0.15, -0.1) is 0 Å². The van der Waals surface area contributed by atoms with Crippen LogP contribution < -0.4 is 5.32 Å². The largest absolute Gasteiger partial charge is 0.312 e. The predicted octanol–water partition coefficient (Wildman–Crippen LogP) is 1.19. The first-order chi connectivity index (χ1) is 10.3. The summed E-state index contributed by atoms with van der Waals surface area (Å²) >= 11 is 0. The first kappa shape index (κ1) is 17.4. The number of nitrogens with one attached hydrogen (secondary N) is 1. The molecule has 1 N–H and O–H groups in total. The standard InChI is InChI=1S/C15H23NO4S2/c1-3-9-16-14-10-21(17,18)11-15(14)22(19,20)13-7-5-12(4-2)6-8-13/h5-8,14-16H,3-4,9-11H2,1-2H3/t14-,15-/m0/s1. The lowest BCUT2D eigenvalue weighted by Gasteiger charge is -2.19. The number of sulfone groups is 2. The fraction of sp³-hybridized carbons (Fsp3) is 0.600. The van der Waals surface area contributed by atoms with Crippen LogP contribution in [0.1, 0.15) is 25.8 Å². The Balaban J connectivity index is 2.32. The molecule has 1 aromatic carbocycles. The van der Waals surface area contributed by atoms with Gasteiger partial charge in [-0.2, -0.15) is 0 Å². The van der Waals surface area contributed by atoms with E-state index in [1.165, 1.54) is 0 Å². The van der Waals surface area contributed by atoms with Gasteiger partial charge in [0, 0.05) is 6.04 Å². The second-order valence-corrected chi connectivity index (χ2v) is 10.0. The molecular weight excluding hydrogens is 322 g/mol. The Labute approximate surface area is 133 Å². The summed E-state index contributed by atoms with van der Waals surface area (Å²) in [6, 6.07) is 6.20. The number of benzene rings is 1. The van der Waals surface area contributed by atoms with E-state index in [4.69, 9.17) is 0 Å². The predicted molar refractivity (Wildman–Crippen MR) is 87.5 cm³/mol. The maximum atomic E-state index is 12.8. The number of aryl methyl sites for hydroxylation is 1. The van der Waals surface area contributed by atoms with Gasteiger partial charge in [0.2, 0.25) is 0 Å². The Morgan fingerprint density at radius 2 is 1.77 bits per heavy atom. The molecular formula is C15H23NO4S2. The van der Waals surface area contributed by atoms with Crippen molar-refractivity contribution in [2.24, 2.45) is 0 Å². The van der Waals surface area contributed by atoms with Gasteiger partial charge in [0.25, 0.3) is 0 Å². The second kappa shape index (κ2) is 6.68. The smallest absolute Gasteiger partial charge is 0.183 e. The van der Waals surface area contributed by atoms with Crippen LogP contribution in [-0.2, 0) is 26.1 Å². The SMILES string of the molecule is CCCN[C@H]1CS(=O)(=O)C[C@@H]1S(=O)(=O)c1ccc(CC)cc1. The van der Waals surface area contributed by atoms with Crippen LogP contribution in [0.3, 0.4) is 0 Å². The molecule has 0 saturated carbocycles. The lowest BCUT2D eigenvalue weighted by atomic mass is 10.2. The summed E-state index contributed by atoms with van der Waals surface area (Å²) in [5.74, 6) is -0.407. The number of rotatable bonds is 6. The molecule has 2 atom stereocenters. The van der Waals surface area contributed by atoms with Crippen LogP contribution in [0.5, 0.6) is 0 Å². The molecule has 7 heteroatoms. The zero-order valence-electron chi connectivity index (χ0n) is 12.9. The molecule has 0 aliphatic carbocycles. The Hall–Kier alpha value is -0.920. The minimum absolute atomic E-state index is 0.107. The van der Waals surface area contributed by atoms with Crippen molar-refractivity contribution in [2.75, 3.05) is 18.1 Å². The first-order valence-corrected chi connectivity index (χ1v) is 10.9. The monoisotopic (exact) mass is 345 g/mol. The Morgan fingerprint density at radius 1 is 1.14 bits per heavy atom. The van der Waals surface area contributed by atoms with E-state index in [0.29, 0.717) is 6.54 Å². The third-order valence-corrected chi connectivity index (χ3v) is 8.18. The first-order valence-electron chi connectivity index (χ1n) is 7.57. The zero-order valence-corrected chi connectivity index (χ0v) is 14.6. The van der Waals surface area contributed by atoms with Crippen LogP contribution in [0.2, 0.25) is 0 Å². The maximum absolute atomic E-state index is 12.8. The molecule has 0 radical (unpaired) electrons. The molecule has 0 amide bonds. The Bertz CT molecular complexity index is 708. The Kier molecular flexibility index (Phi) is 5.29. The topological polar surface area (TPSA) is 80.3 Å². The molecule has 1 aliphatic heterocycles. The summed E-state index contributed by atoms with van der Waals surface area (Å²) in [6.07, 6.45) is 1.66. The van der Waals surface area contributed by atoms with E-state index in [1.807, 2.05) is 13.8 Å². The van der Waals surface area contributed by atoms with Gasteiger partial charge in [0.1, 0.15) is 0 Å². The third kappa shape index (κ3) is 3.70. The molecule has 0 bridgehead atoms. The van der Waals surface area contributed by atoms with E-state index in [1.54, 1.807) is 24.3 Å². The molecule has 1 fully saturated rings. The lowest BCUT2D eigenvalue weighted by Crippen LogP contribution is -2.43. The van der Waals surface area contributed by atoms with E-state index in [9.17, 15) is 16.8 Å². The molecule has 1 aromatic rings. The molecule has 0 unspecified atom stereocenters. The minimum atomic E-state index is -3.66. The summed E-state index contributed by atoms with van der Waals surface area (Å²) in [6.45, 7) is 4.57. The molecule has 1 saturated heterocycles. The van der Waals surface area contributed by atoms with Gasteiger partial charge < -0.3 is 5.32 Å². The van der Waals surface area contributed by atoms with Crippen molar-refractivity contribution in [3.63, 3.8) is 0 Å². The zero-order chi connectivity index (χ0) is 16.4. The van der Waals surface area contributed by atoms with Crippen molar-refractivity contribution in [3.05, 3.63) is 29.8 Å². The Morgan fingerprint density at radius 3 is 2.32 bits per heavy atom. The van der Waals surface area contributed by atoms with Crippen LogP contribution in [0.4, 0.5) is 0 Å². The van der Waals surface area contributed by atoms with Gasteiger partial charge in [0.15, 0.2) is 19.7 Å². The highest BCUT2D eigenvalue weighted by Gasteiger charge is 2.45. The van der Waals surface area contributed by atoms with Crippen LogP contribution >= 0.6 is 0 Å². The van der Waals surface area contributed by atoms with E-state index in [0.717, 1.165) is 18.4 Å². The van der Waals surface area contributed by atoms with E-state index >= 15 is 0 Å². The van der Waals surface area contributed by atoms with E-state index in [2.05, 4.69) is 5.32 Å². The molecule has 5 nitrogen and oxygen atoms in total. The highest BCUT2D eigenvalue weighted by molar-refractivity contribution is 7.96. The average Bonchev–Trinajstić information content (AvgIpc) is 2.81. The fourth-order valence-electron chi connectivity index (χ4n) is 2.73. The van der Waals surface area contributed by atoms with Crippen molar-refractivity contribution >= 4 is 19.7 Å². The fourth-order valence-corrected chi connectivity index (χ4v) is 7.45. The summed E-state index contributed by atoms with van der Waals surface area (Å²) < 4.78 is 49.4. The molecule has 22 heavy (non-hydrogen) atoms. The van der Waals surface area contributed by atoms with Gasteiger partial charge in [-0.25, -0.2) is 16.8 Å². The van der Waals surface area contributed by atoms with Crippen molar-refractivity contribution < 1.29 is 16.8 Å². The van der Waals surface area contributed by atoms with Gasteiger partial charge in [-0.3, -0.25) is 0 Å².